The number of hydrogen-bond acceptors (Lipinski definition) is 6. The number of benzene rings is 1. The van der Waals surface area contributed by atoms with E-state index in [0.717, 1.165) is 5.56 Å². The average Bonchev–Trinajstić information content (AvgIpc) is 2.55. The van der Waals surface area contributed by atoms with Crippen LogP contribution in [0.25, 0.3) is 0 Å². The minimum Gasteiger partial charge on any atom is -0.508 e. The number of methoxy groups -OCH3 is 2. The first-order valence-electron chi connectivity index (χ1n) is 7.93. The minimum absolute atomic E-state index is 0.0411. The summed E-state index contributed by atoms with van der Waals surface area (Å²) in [6.45, 7) is 2.78. The number of aryl methyl sites for hydroxylation is 1. The van der Waals surface area contributed by atoms with Gasteiger partial charge in [0.25, 0.3) is 0 Å². The van der Waals surface area contributed by atoms with Gasteiger partial charge in [-0.15, -0.1) is 0 Å². The molecule has 0 radical (unpaired) electrons. The first-order chi connectivity index (χ1) is 11.4. The number of ether oxygens (including phenoxy) is 2. The number of carbonyl (C=O) groups is 1. The van der Waals surface area contributed by atoms with Crippen molar-refractivity contribution in [2.45, 2.75) is 38.0 Å². The molecule has 0 aromatic heterocycles. The zero-order chi connectivity index (χ0) is 18.1. The monoisotopic (exact) mass is 340 g/mol. The van der Waals surface area contributed by atoms with Crippen molar-refractivity contribution >= 4 is 5.97 Å². The average molecular weight is 340 g/mol. The topological polar surface area (TPSA) is 114 Å². The van der Waals surface area contributed by atoms with E-state index in [-0.39, 0.29) is 17.9 Å². The van der Waals surface area contributed by atoms with Crippen LogP contribution in [0.15, 0.2) is 18.2 Å². The third kappa shape index (κ3) is 6.09. The Bertz CT molecular complexity index is 524. The van der Waals surface area contributed by atoms with E-state index in [1.807, 2.05) is 6.92 Å². The third-order valence-corrected chi connectivity index (χ3v) is 3.95. The predicted molar refractivity (Wildman–Crippen MR) is 91.1 cm³/mol. The summed E-state index contributed by atoms with van der Waals surface area (Å²) in [4.78, 5) is 11.5. The largest absolute Gasteiger partial charge is 0.508 e. The van der Waals surface area contributed by atoms with Crippen LogP contribution in [0.2, 0.25) is 0 Å². The van der Waals surface area contributed by atoms with Gasteiger partial charge in [0.2, 0.25) is 0 Å². The van der Waals surface area contributed by atoms with E-state index in [2.05, 4.69) is 5.32 Å². The molecule has 0 aliphatic carbocycles. The van der Waals surface area contributed by atoms with Crippen LogP contribution < -0.4 is 11.1 Å². The zero-order valence-electron chi connectivity index (χ0n) is 14.5. The van der Waals surface area contributed by atoms with Crippen molar-refractivity contribution in [1.82, 2.24) is 5.32 Å². The molecule has 7 nitrogen and oxygen atoms in total. The molecule has 3 atom stereocenters. The van der Waals surface area contributed by atoms with E-state index in [9.17, 15) is 15.0 Å². The van der Waals surface area contributed by atoms with Gasteiger partial charge in [0.15, 0.2) is 0 Å². The zero-order valence-corrected chi connectivity index (χ0v) is 14.5. The van der Waals surface area contributed by atoms with Gasteiger partial charge in [-0.1, -0.05) is 17.7 Å². The van der Waals surface area contributed by atoms with E-state index in [4.69, 9.17) is 15.2 Å². The summed E-state index contributed by atoms with van der Waals surface area (Å²) in [5.41, 5.74) is 7.29. The number of rotatable bonds is 11. The van der Waals surface area contributed by atoms with Crippen LogP contribution in [0.3, 0.4) is 0 Å². The van der Waals surface area contributed by atoms with Crippen molar-refractivity contribution in [2.24, 2.45) is 5.73 Å². The summed E-state index contributed by atoms with van der Waals surface area (Å²) in [7, 11) is 3.19. The summed E-state index contributed by atoms with van der Waals surface area (Å²) in [6, 6.07) is 3.72. The fourth-order valence-corrected chi connectivity index (χ4v) is 2.55. The molecule has 0 spiro atoms. The molecule has 0 bridgehead atoms. The smallest absolute Gasteiger partial charge is 0.325 e. The maximum Gasteiger partial charge on any atom is 0.325 e. The molecule has 0 saturated heterocycles. The molecule has 24 heavy (non-hydrogen) atoms. The quantitative estimate of drug-likeness (QED) is 0.478. The second kappa shape index (κ2) is 10.2. The second-order valence-electron chi connectivity index (χ2n) is 5.80. The Hall–Kier alpha value is -1.67. The van der Waals surface area contributed by atoms with Gasteiger partial charge in [-0.25, -0.2) is 0 Å². The van der Waals surface area contributed by atoms with Crippen molar-refractivity contribution in [3.8, 4) is 5.75 Å². The maximum atomic E-state index is 11.5. The summed E-state index contributed by atoms with van der Waals surface area (Å²) < 4.78 is 10.4. The number of phenolic OH excluding ortho intramolecular Hbond substituents is 1. The molecule has 1 aromatic rings. The molecule has 0 heterocycles. The highest BCUT2D eigenvalue weighted by molar-refractivity contribution is 5.76. The standard InChI is InChI=1S/C17H28N2O5/c1-11-4-5-14(20)12(10-11)16(17(21)22)19-8-6-15(24-3)13(18)7-9-23-2/h4-5,10,13,15-16,19-20H,6-9,18H2,1-3H3,(H,21,22). The van der Waals surface area contributed by atoms with Gasteiger partial charge >= 0.3 is 5.97 Å². The van der Waals surface area contributed by atoms with Crippen molar-refractivity contribution in [1.29, 1.82) is 0 Å². The lowest BCUT2D eigenvalue weighted by molar-refractivity contribution is -0.139. The van der Waals surface area contributed by atoms with Gasteiger partial charge in [-0.2, -0.15) is 0 Å². The molecule has 1 aromatic carbocycles. The molecule has 1 rings (SSSR count). The highest BCUT2D eigenvalue weighted by Gasteiger charge is 2.24. The highest BCUT2D eigenvalue weighted by atomic mass is 16.5. The lowest BCUT2D eigenvalue weighted by Gasteiger charge is -2.24. The van der Waals surface area contributed by atoms with Crippen molar-refractivity contribution in [2.75, 3.05) is 27.4 Å². The molecule has 3 unspecified atom stereocenters. The van der Waals surface area contributed by atoms with Crippen LogP contribution in [-0.4, -0.2) is 55.7 Å². The van der Waals surface area contributed by atoms with Gasteiger partial charge in [0.1, 0.15) is 11.8 Å². The fourth-order valence-electron chi connectivity index (χ4n) is 2.55. The second-order valence-corrected chi connectivity index (χ2v) is 5.80. The van der Waals surface area contributed by atoms with Crippen LogP contribution in [0.5, 0.6) is 5.75 Å². The van der Waals surface area contributed by atoms with Crippen molar-refractivity contribution in [3.63, 3.8) is 0 Å². The number of nitrogens with one attached hydrogen (secondary N) is 1. The molecule has 0 fully saturated rings. The Labute approximate surface area is 142 Å². The first kappa shape index (κ1) is 20.4. The lowest BCUT2D eigenvalue weighted by Crippen LogP contribution is -2.40. The number of carboxylic acid groups (broad SMARTS) is 1. The van der Waals surface area contributed by atoms with E-state index < -0.39 is 12.0 Å². The molecule has 0 saturated carbocycles. The Balaban J connectivity index is 2.67. The van der Waals surface area contributed by atoms with Crippen LogP contribution in [0.4, 0.5) is 0 Å². The number of aliphatic carboxylic acids is 1. The summed E-state index contributed by atoms with van der Waals surface area (Å²) >= 11 is 0. The molecular weight excluding hydrogens is 312 g/mol. The number of phenols is 1. The molecule has 5 N–H and O–H groups in total. The van der Waals surface area contributed by atoms with E-state index >= 15 is 0 Å². The van der Waals surface area contributed by atoms with Gasteiger partial charge < -0.3 is 30.7 Å². The summed E-state index contributed by atoms with van der Waals surface area (Å²) in [5.74, 6) is -1.09. The summed E-state index contributed by atoms with van der Waals surface area (Å²) in [5, 5.41) is 22.3. The first-order valence-corrected chi connectivity index (χ1v) is 7.93. The van der Waals surface area contributed by atoms with Crippen LogP contribution in [0.1, 0.15) is 30.0 Å². The van der Waals surface area contributed by atoms with Crippen molar-refractivity contribution in [3.05, 3.63) is 29.3 Å². The predicted octanol–water partition coefficient (Wildman–Crippen LogP) is 1.18. The normalized spacial score (nSPS) is 15.0. The third-order valence-electron chi connectivity index (χ3n) is 3.95. The van der Waals surface area contributed by atoms with Gasteiger partial charge in [0.05, 0.1) is 6.10 Å². The highest BCUT2D eigenvalue weighted by Crippen LogP contribution is 2.25. The SMILES string of the molecule is COCCC(N)C(CCNC(C(=O)O)c1cc(C)ccc1O)OC. The number of hydrogen-bond donors (Lipinski definition) is 4. The Morgan fingerprint density at radius 3 is 2.62 bits per heavy atom. The summed E-state index contributed by atoms with van der Waals surface area (Å²) in [6.07, 6.45) is 1.02. The van der Waals surface area contributed by atoms with Gasteiger partial charge in [-0.3, -0.25) is 4.79 Å². The minimum atomic E-state index is -1.05. The van der Waals surface area contributed by atoms with E-state index in [1.54, 1.807) is 26.4 Å². The number of nitrogens with two attached hydrogens (primary N) is 1. The van der Waals surface area contributed by atoms with E-state index in [1.165, 1.54) is 6.07 Å². The molecule has 0 amide bonds. The molecule has 7 heteroatoms. The van der Waals surface area contributed by atoms with Gasteiger partial charge in [0, 0.05) is 32.4 Å². The van der Waals surface area contributed by atoms with E-state index in [0.29, 0.717) is 31.6 Å². The fraction of sp³-hybridized carbons (Fsp3) is 0.588. The van der Waals surface area contributed by atoms with Crippen LogP contribution in [-0.2, 0) is 14.3 Å². The lowest BCUT2D eigenvalue weighted by atomic mass is 10.0. The molecule has 0 aliphatic heterocycles. The Morgan fingerprint density at radius 1 is 1.33 bits per heavy atom. The number of aromatic hydroxyl groups is 1. The number of carboxylic acids is 1. The molecule has 136 valence electrons. The van der Waals surface area contributed by atoms with Gasteiger partial charge in [-0.05, 0) is 32.4 Å². The van der Waals surface area contributed by atoms with Crippen LogP contribution in [0, 0.1) is 6.92 Å². The Kier molecular flexibility index (Phi) is 8.70. The Morgan fingerprint density at radius 2 is 2.04 bits per heavy atom. The molecular formula is C17H28N2O5. The van der Waals surface area contributed by atoms with Crippen molar-refractivity contribution < 1.29 is 24.5 Å². The van der Waals surface area contributed by atoms with Crippen LogP contribution >= 0.6 is 0 Å². The molecule has 0 aliphatic rings. The maximum absolute atomic E-state index is 11.5.